The molecule has 0 amide bonds. The zero-order chi connectivity index (χ0) is 13.0. The van der Waals surface area contributed by atoms with Gasteiger partial charge in [0.2, 0.25) is 0 Å². The van der Waals surface area contributed by atoms with Crippen molar-refractivity contribution in [2.24, 2.45) is 0 Å². The van der Waals surface area contributed by atoms with Crippen LogP contribution >= 0.6 is 0 Å². The van der Waals surface area contributed by atoms with Crippen LogP contribution in [0.1, 0.15) is 24.7 Å². The largest absolute Gasteiger partial charge is 0.504 e. The van der Waals surface area contributed by atoms with E-state index >= 15 is 0 Å². The quantitative estimate of drug-likeness (QED) is 0.829. The van der Waals surface area contributed by atoms with Crippen molar-refractivity contribution in [3.05, 3.63) is 23.3 Å². The van der Waals surface area contributed by atoms with E-state index in [-0.39, 0.29) is 6.61 Å². The monoisotopic (exact) mass is 249 g/mol. The van der Waals surface area contributed by atoms with Gasteiger partial charge >= 0.3 is 5.97 Å². The van der Waals surface area contributed by atoms with Crippen LogP contribution in [0.2, 0.25) is 0 Å². The summed E-state index contributed by atoms with van der Waals surface area (Å²) in [6.07, 6.45) is -3.54. The molecule has 0 atom stereocenters. The topological polar surface area (TPSA) is 59.4 Å². The first-order valence-electron chi connectivity index (χ1n) is 4.77. The molecule has 1 aromatic rings. The first-order valence-corrected chi connectivity index (χ1v) is 4.77. The Hall–Kier alpha value is -1.79. The van der Waals surface area contributed by atoms with Crippen molar-refractivity contribution in [3.63, 3.8) is 0 Å². The minimum atomic E-state index is -2.98. The van der Waals surface area contributed by atoms with E-state index in [0.29, 0.717) is 6.07 Å². The Balaban J connectivity index is 3.01. The van der Waals surface area contributed by atoms with Gasteiger partial charge in [0.05, 0.1) is 18.7 Å². The highest BCUT2D eigenvalue weighted by Gasteiger charge is 2.19. The van der Waals surface area contributed by atoms with Gasteiger partial charge in [-0.3, -0.25) is 4.79 Å². The van der Waals surface area contributed by atoms with E-state index in [1.54, 1.807) is 6.92 Å². The summed E-state index contributed by atoms with van der Waals surface area (Å²) in [4.78, 5) is 14.4. The molecule has 1 heterocycles. The smallest absolute Gasteiger partial charge is 0.312 e. The van der Waals surface area contributed by atoms with E-state index in [2.05, 4.69) is 9.72 Å². The minimum Gasteiger partial charge on any atom is -0.504 e. The number of esters is 1. The molecule has 0 bridgehead atoms. The molecule has 0 aliphatic heterocycles. The number of aromatic nitrogens is 1. The van der Waals surface area contributed by atoms with Gasteiger partial charge in [0.25, 0.3) is 6.43 Å². The molecule has 0 fully saturated rings. The number of hydrogen-bond donors (Lipinski definition) is 1. The standard InChI is InChI=1S/C10H10F3NO3/c1-2-17-8(15)4-6-9(16)5(11)3-7(14-6)10(12)13/h3,10,16H,2,4H2,1H3. The van der Waals surface area contributed by atoms with Crippen molar-refractivity contribution in [2.75, 3.05) is 6.61 Å². The van der Waals surface area contributed by atoms with E-state index in [9.17, 15) is 23.1 Å². The van der Waals surface area contributed by atoms with E-state index in [1.807, 2.05) is 0 Å². The Morgan fingerprint density at radius 3 is 2.76 bits per heavy atom. The number of carbonyl (C=O) groups excluding carboxylic acids is 1. The van der Waals surface area contributed by atoms with Gasteiger partial charge in [0, 0.05) is 6.07 Å². The van der Waals surface area contributed by atoms with E-state index in [4.69, 9.17) is 0 Å². The fraction of sp³-hybridized carbons (Fsp3) is 0.400. The third kappa shape index (κ3) is 3.33. The van der Waals surface area contributed by atoms with E-state index in [0.717, 1.165) is 0 Å². The van der Waals surface area contributed by atoms with E-state index < -0.39 is 41.8 Å². The maximum absolute atomic E-state index is 13.1. The molecule has 0 saturated heterocycles. The molecule has 1 rings (SSSR count). The average Bonchev–Trinajstić information content (AvgIpc) is 2.24. The van der Waals surface area contributed by atoms with Gasteiger partial charge in [0.1, 0.15) is 5.69 Å². The molecule has 0 aromatic carbocycles. The minimum absolute atomic E-state index is 0.0939. The van der Waals surface area contributed by atoms with E-state index in [1.165, 1.54) is 0 Å². The first kappa shape index (κ1) is 13.3. The fourth-order valence-electron chi connectivity index (χ4n) is 1.16. The van der Waals surface area contributed by atoms with Gasteiger partial charge in [-0.1, -0.05) is 0 Å². The Morgan fingerprint density at radius 2 is 2.24 bits per heavy atom. The number of halogens is 3. The van der Waals surface area contributed by atoms with Crippen LogP contribution in [-0.2, 0) is 16.0 Å². The summed E-state index contributed by atoms with van der Waals surface area (Å²) in [5, 5.41) is 9.23. The van der Waals surface area contributed by atoms with Gasteiger partial charge in [-0.05, 0) is 6.92 Å². The number of carbonyl (C=O) groups is 1. The van der Waals surface area contributed by atoms with Crippen molar-refractivity contribution < 1.29 is 27.8 Å². The third-order valence-corrected chi connectivity index (χ3v) is 1.88. The molecule has 4 nitrogen and oxygen atoms in total. The molecule has 1 N–H and O–H groups in total. The SMILES string of the molecule is CCOC(=O)Cc1nc(C(F)F)cc(F)c1O. The molecule has 0 unspecified atom stereocenters. The van der Waals surface area contributed by atoms with Crippen LogP contribution in [0.3, 0.4) is 0 Å². The molecule has 0 saturated carbocycles. The second kappa shape index (κ2) is 5.51. The van der Waals surface area contributed by atoms with Crippen LogP contribution in [0.4, 0.5) is 13.2 Å². The van der Waals surface area contributed by atoms with Crippen LogP contribution in [0.5, 0.6) is 5.75 Å². The molecule has 94 valence electrons. The van der Waals surface area contributed by atoms with Crippen molar-refractivity contribution >= 4 is 5.97 Å². The maximum Gasteiger partial charge on any atom is 0.312 e. The highest BCUT2D eigenvalue weighted by atomic mass is 19.3. The maximum atomic E-state index is 13.1. The molecule has 0 spiro atoms. The predicted octanol–water partition coefficient (Wildman–Crippen LogP) is 1.97. The van der Waals surface area contributed by atoms with Crippen LogP contribution in [0.25, 0.3) is 0 Å². The van der Waals surface area contributed by atoms with Gasteiger partial charge < -0.3 is 9.84 Å². The molecule has 17 heavy (non-hydrogen) atoms. The summed E-state index contributed by atoms with van der Waals surface area (Å²) in [6, 6.07) is 0.425. The Morgan fingerprint density at radius 1 is 1.59 bits per heavy atom. The Bertz CT molecular complexity index is 424. The van der Waals surface area contributed by atoms with Crippen LogP contribution in [0.15, 0.2) is 6.07 Å². The fourth-order valence-corrected chi connectivity index (χ4v) is 1.16. The number of aromatic hydroxyl groups is 1. The van der Waals surface area contributed by atoms with Gasteiger partial charge in [0.15, 0.2) is 11.6 Å². The Labute approximate surface area is 95.0 Å². The number of pyridine rings is 1. The summed E-state index contributed by atoms with van der Waals surface area (Å²) in [7, 11) is 0. The summed E-state index contributed by atoms with van der Waals surface area (Å²) in [6.45, 7) is 1.65. The number of nitrogens with zero attached hydrogens (tertiary/aromatic N) is 1. The summed E-state index contributed by atoms with van der Waals surface area (Å²) >= 11 is 0. The van der Waals surface area contributed by atoms with Crippen LogP contribution in [-0.4, -0.2) is 22.7 Å². The molecule has 1 aromatic heterocycles. The van der Waals surface area contributed by atoms with Crippen molar-refractivity contribution in [1.82, 2.24) is 4.98 Å². The Kier molecular flexibility index (Phi) is 4.30. The van der Waals surface area contributed by atoms with Gasteiger partial charge in [-0.2, -0.15) is 0 Å². The molecule has 0 aliphatic carbocycles. The normalized spacial score (nSPS) is 10.6. The number of ether oxygens (including phenoxy) is 1. The third-order valence-electron chi connectivity index (χ3n) is 1.88. The predicted molar refractivity (Wildman–Crippen MR) is 51.2 cm³/mol. The lowest BCUT2D eigenvalue weighted by atomic mass is 10.2. The van der Waals surface area contributed by atoms with Crippen LogP contribution in [0, 0.1) is 5.82 Å². The molecular formula is C10H10F3NO3. The number of hydrogen-bond acceptors (Lipinski definition) is 4. The molecular weight excluding hydrogens is 239 g/mol. The molecule has 7 heteroatoms. The van der Waals surface area contributed by atoms with Crippen molar-refractivity contribution in [1.29, 1.82) is 0 Å². The second-order valence-corrected chi connectivity index (χ2v) is 3.11. The van der Waals surface area contributed by atoms with Crippen molar-refractivity contribution in [3.8, 4) is 5.75 Å². The summed E-state index contributed by atoms with van der Waals surface area (Å²) in [5.41, 5.74) is -1.29. The summed E-state index contributed by atoms with van der Waals surface area (Å²) in [5.74, 6) is -2.93. The highest BCUT2D eigenvalue weighted by molar-refractivity contribution is 5.72. The summed E-state index contributed by atoms with van der Waals surface area (Å²) < 4.78 is 42.2. The van der Waals surface area contributed by atoms with Crippen LogP contribution < -0.4 is 0 Å². The van der Waals surface area contributed by atoms with Crippen molar-refractivity contribution in [2.45, 2.75) is 19.8 Å². The number of alkyl halides is 2. The molecule has 0 radical (unpaired) electrons. The second-order valence-electron chi connectivity index (χ2n) is 3.11. The molecule has 0 aliphatic rings. The first-order chi connectivity index (χ1) is 7.95. The van der Waals surface area contributed by atoms with Gasteiger partial charge in [-0.25, -0.2) is 18.2 Å². The number of rotatable bonds is 4. The lowest BCUT2D eigenvalue weighted by molar-refractivity contribution is -0.142. The lowest BCUT2D eigenvalue weighted by Gasteiger charge is -2.07. The zero-order valence-corrected chi connectivity index (χ0v) is 8.91. The zero-order valence-electron chi connectivity index (χ0n) is 8.91. The lowest BCUT2D eigenvalue weighted by Crippen LogP contribution is -2.10. The average molecular weight is 249 g/mol. The van der Waals surface area contributed by atoms with Gasteiger partial charge in [-0.15, -0.1) is 0 Å². The highest BCUT2D eigenvalue weighted by Crippen LogP contribution is 2.25.